The van der Waals surface area contributed by atoms with Crippen LogP contribution in [0.2, 0.25) is 0 Å². The van der Waals surface area contributed by atoms with E-state index < -0.39 is 0 Å². The monoisotopic (exact) mass is 263 g/mol. The van der Waals surface area contributed by atoms with Gasteiger partial charge in [0.25, 0.3) is 0 Å². The third-order valence-corrected chi connectivity index (χ3v) is 4.61. The van der Waals surface area contributed by atoms with Gasteiger partial charge in [0.1, 0.15) is 0 Å². The Kier molecular flexibility index (Phi) is 3.89. The molecule has 0 aromatic carbocycles. The molecule has 3 rings (SSSR count). The summed E-state index contributed by atoms with van der Waals surface area (Å²) in [6.45, 7) is 1.68. The van der Waals surface area contributed by atoms with Crippen LogP contribution in [0.4, 0.5) is 0 Å². The Hall–Kier alpha value is -0.870. The molecule has 3 aliphatic rings. The summed E-state index contributed by atoms with van der Waals surface area (Å²) >= 11 is 0. The molecule has 4 N–H and O–H groups in total. The van der Waals surface area contributed by atoms with Crippen molar-refractivity contribution in [2.75, 3.05) is 13.2 Å². The minimum Gasteiger partial charge on any atom is -0.388 e. The summed E-state index contributed by atoms with van der Waals surface area (Å²) in [6.07, 6.45) is 8.79. The van der Waals surface area contributed by atoms with E-state index in [2.05, 4.69) is 11.5 Å². The summed E-state index contributed by atoms with van der Waals surface area (Å²) in [5.74, 6) is 1.04. The largest absolute Gasteiger partial charge is 0.388 e. The first-order valence-electron chi connectivity index (χ1n) is 7.62. The van der Waals surface area contributed by atoms with Crippen LogP contribution in [0.25, 0.3) is 0 Å². The topological polar surface area (TPSA) is 71.1 Å². The maximum Gasteiger partial charge on any atom is 0.0471 e. The maximum atomic E-state index is 8.38. The molecule has 1 heterocycles. The maximum absolute atomic E-state index is 8.38. The third kappa shape index (κ3) is 3.18. The van der Waals surface area contributed by atoms with Crippen molar-refractivity contribution in [1.29, 1.82) is 5.41 Å². The minimum atomic E-state index is 0.375. The zero-order valence-corrected chi connectivity index (χ0v) is 11.5. The van der Waals surface area contributed by atoms with Crippen LogP contribution in [0.3, 0.4) is 0 Å². The third-order valence-electron chi connectivity index (χ3n) is 4.61. The van der Waals surface area contributed by atoms with E-state index in [0.29, 0.717) is 23.9 Å². The Morgan fingerprint density at radius 3 is 2.37 bits per heavy atom. The molecule has 4 nitrogen and oxygen atoms in total. The SMILES string of the molecule is N=C(/C(=C\NC1CC(N)C1)C1CCOCC1)C1CC1. The first kappa shape index (κ1) is 13.1. The number of ether oxygens (including phenoxy) is 1. The Balaban J connectivity index is 1.63. The van der Waals surface area contributed by atoms with Crippen molar-refractivity contribution in [3.05, 3.63) is 11.8 Å². The second-order valence-electron chi connectivity index (χ2n) is 6.27. The highest BCUT2D eigenvalue weighted by Gasteiger charge is 2.32. The smallest absolute Gasteiger partial charge is 0.0471 e. The predicted molar refractivity (Wildman–Crippen MR) is 76.2 cm³/mol. The molecule has 19 heavy (non-hydrogen) atoms. The van der Waals surface area contributed by atoms with Gasteiger partial charge in [-0.15, -0.1) is 0 Å². The van der Waals surface area contributed by atoms with Gasteiger partial charge in [-0.25, -0.2) is 0 Å². The molecule has 0 radical (unpaired) electrons. The molecule has 1 saturated heterocycles. The molecule has 3 fully saturated rings. The highest BCUT2D eigenvalue weighted by atomic mass is 16.5. The number of nitrogens with one attached hydrogen (secondary N) is 2. The van der Waals surface area contributed by atoms with E-state index in [-0.39, 0.29) is 0 Å². The van der Waals surface area contributed by atoms with Crippen LogP contribution < -0.4 is 11.1 Å². The predicted octanol–water partition coefficient (Wildman–Crippen LogP) is 1.81. The van der Waals surface area contributed by atoms with Crippen LogP contribution in [0, 0.1) is 17.2 Å². The van der Waals surface area contributed by atoms with E-state index in [1.54, 1.807) is 0 Å². The molecular formula is C15H25N3O. The summed E-state index contributed by atoms with van der Waals surface area (Å²) in [5, 5.41) is 11.9. The first-order chi connectivity index (χ1) is 9.24. The Morgan fingerprint density at radius 1 is 1.11 bits per heavy atom. The average molecular weight is 263 g/mol. The second kappa shape index (κ2) is 5.63. The second-order valence-corrected chi connectivity index (χ2v) is 6.27. The van der Waals surface area contributed by atoms with Gasteiger partial charge in [0.05, 0.1) is 0 Å². The Morgan fingerprint density at radius 2 is 1.79 bits per heavy atom. The molecule has 4 heteroatoms. The fourth-order valence-electron chi connectivity index (χ4n) is 3.04. The van der Waals surface area contributed by atoms with Crippen molar-refractivity contribution in [2.45, 2.75) is 50.6 Å². The molecule has 0 unspecified atom stereocenters. The van der Waals surface area contributed by atoms with E-state index >= 15 is 0 Å². The molecule has 0 aromatic rings. The standard InChI is InChI=1S/C15H25N3O/c16-12-7-13(8-12)18-9-14(15(17)11-1-2-11)10-3-5-19-6-4-10/h9-13,17-18H,1-8,16H2/b14-9-,17-15?. The van der Waals surface area contributed by atoms with E-state index in [9.17, 15) is 0 Å². The molecular weight excluding hydrogens is 238 g/mol. The summed E-state index contributed by atoms with van der Waals surface area (Å²) in [6, 6.07) is 0.900. The van der Waals surface area contributed by atoms with Crippen molar-refractivity contribution in [2.24, 2.45) is 17.6 Å². The fraction of sp³-hybridized carbons (Fsp3) is 0.800. The highest BCUT2D eigenvalue weighted by molar-refractivity contribution is 6.01. The van der Waals surface area contributed by atoms with Crippen LogP contribution in [0.5, 0.6) is 0 Å². The van der Waals surface area contributed by atoms with Gasteiger partial charge in [-0.05, 0) is 50.0 Å². The molecule has 0 spiro atoms. The van der Waals surface area contributed by atoms with E-state index in [4.69, 9.17) is 15.9 Å². The number of hydrogen-bond acceptors (Lipinski definition) is 4. The van der Waals surface area contributed by atoms with Crippen molar-refractivity contribution in [3.63, 3.8) is 0 Å². The number of nitrogens with two attached hydrogens (primary N) is 1. The minimum absolute atomic E-state index is 0.375. The van der Waals surface area contributed by atoms with Gasteiger partial charge in [-0.1, -0.05) is 0 Å². The number of rotatable bonds is 5. The molecule has 1 aliphatic heterocycles. The molecule has 0 amide bonds. The lowest BCUT2D eigenvalue weighted by Crippen LogP contribution is -2.47. The van der Waals surface area contributed by atoms with Gasteiger partial charge < -0.3 is 21.2 Å². The Bertz CT molecular complexity index is 364. The summed E-state index contributed by atoms with van der Waals surface area (Å²) in [5.41, 5.74) is 7.94. The van der Waals surface area contributed by atoms with Gasteiger partial charge in [-0.2, -0.15) is 0 Å². The molecule has 2 saturated carbocycles. The van der Waals surface area contributed by atoms with E-state index in [1.807, 2.05) is 0 Å². The van der Waals surface area contributed by atoms with E-state index in [0.717, 1.165) is 44.6 Å². The van der Waals surface area contributed by atoms with Crippen LogP contribution in [0.15, 0.2) is 11.8 Å². The summed E-state index contributed by atoms with van der Waals surface area (Å²) in [4.78, 5) is 0. The molecule has 0 aromatic heterocycles. The average Bonchev–Trinajstić information content (AvgIpc) is 3.22. The lowest BCUT2D eigenvalue weighted by Gasteiger charge is -2.33. The Labute approximate surface area is 115 Å². The first-order valence-corrected chi connectivity index (χ1v) is 7.62. The lowest BCUT2D eigenvalue weighted by atomic mass is 9.85. The van der Waals surface area contributed by atoms with Crippen LogP contribution in [-0.2, 0) is 4.74 Å². The van der Waals surface area contributed by atoms with Crippen LogP contribution in [0.1, 0.15) is 38.5 Å². The van der Waals surface area contributed by atoms with E-state index in [1.165, 1.54) is 18.4 Å². The highest BCUT2D eigenvalue weighted by Crippen LogP contribution is 2.36. The summed E-state index contributed by atoms with van der Waals surface area (Å²) in [7, 11) is 0. The van der Waals surface area contributed by atoms with Gasteiger partial charge in [0.15, 0.2) is 0 Å². The van der Waals surface area contributed by atoms with Crippen molar-refractivity contribution >= 4 is 5.71 Å². The zero-order chi connectivity index (χ0) is 13.2. The van der Waals surface area contributed by atoms with Crippen LogP contribution >= 0.6 is 0 Å². The van der Waals surface area contributed by atoms with Gasteiger partial charge >= 0.3 is 0 Å². The molecule has 0 atom stereocenters. The zero-order valence-electron chi connectivity index (χ0n) is 11.5. The van der Waals surface area contributed by atoms with Gasteiger partial charge in [-0.3, -0.25) is 0 Å². The fourth-order valence-corrected chi connectivity index (χ4v) is 3.04. The molecule has 0 bridgehead atoms. The van der Waals surface area contributed by atoms with Gasteiger partial charge in [0.2, 0.25) is 0 Å². The summed E-state index contributed by atoms with van der Waals surface area (Å²) < 4.78 is 5.44. The quantitative estimate of drug-likeness (QED) is 0.662. The van der Waals surface area contributed by atoms with Crippen molar-refractivity contribution < 1.29 is 4.74 Å². The molecule has 106 valence electrons. The molecule has 2 aliphatic carbocycles. The number of hydrogen-bond donors (Lipinski definition) is 3. The van der Waals surface area contributed by atoms with Crippen LogP contribution in [-0.4, -0.2) is 31.0 Å². The lowest BCUT2D eigenvalue weighted by molar-refractivity contribution is 0.0768. The van der Waals surface area contributed by atoms with Gasteiger partial charge in [0, 0.05) is 43.1 Å². The van der Waals surface area contributed by atoms with Crippen molar-refractivity contribution in [3.8, 4) is 0 Å². The normalized spacial score (nSPS) is 32.8. The number of allylic oxidation sites excluding steroid dienone is 1. The van der Waals surface area contributed by atoms with Crippen molar-refractivity contribution in [1.82, 2.24) is 5.32 Å².